The van der Waals surface area contributed by atoms with E-state index in [4.69, 9.17) is 0 Å². The Bertz CT molecular complexity index is 574. The van der Waals surface area contributed by atoms with Crippen molar-refractivity contribution in [2.75, 3.05) is 0 Å². The highest BCUT2D eigenvalue weighted by atomic mass is 19.1. The molecule has 1 atom stereocenters. The molecule has 2 rings (SSSR count). The summed E-state index contributed by atoms with van der Waals surface area (Å²) in [6, 6.07) is 7.70. The van der Waals surface area contributed by atoms with Crippen molar-refractivity contribution >= 4 is 6.29 Å². The van der Waals surface area contributed by atoms with Crippen molar-refractivity contribution in [3.05, 3.63) is 70.3 Å². The number of aliphatic hydroxyl groups is 1. The van der Waals surface area contributed by atoms with Crippen molar-refractivity contribution in [1.29, 1.82) is 0 Å². The Morgan fingerprint density at radius 3 is 1.80 bits per heavy atom. The van der Waals surface area contributed by atoms with Crippen LogP contribution in [0.1, 0.15) is 22.3 Å². The van der Waals surface area contributed by atoms with E-state index < -0.39 is 17.2 Å². The minimum absolute atomic E-state index is 0.130. The molecular formula is C16H14F2O2. The fraction of sp³-hybridized carbons (Fsp3) is 0.188. The molecule has 4 heteroatoms. The lowest BCUT2D eigenvalue weighted by Gasteiger charge is -2.24. The van der Waals surface area contributed by atoms with Gasteiger partial charge in [-0.1, -0.05) is 29.3 Å². The Morgan fingerprint density at radius 1 is 0.900 bits per heavy atom. The Balaban J connectivity index is 2.66. The standard InChI is InChI=1S/C16H14F2O2/c1-10-3-11(2)5-12(4-10)16(20,9-19)13-6-14(17)8-15(18)7-13/h3-9,20H,1-2H3. The number of hydrogen-bond acceptors (Lipinski definition) is 2. The first-order valence-electron chi connectivity index (χ1n) is 6.09. The van der Waals surface area contributed by atoms with Gasteiger partial charge >= 0.3 is 0 Å². The molecule has 0 aliphatic heterocycles. The zero-order valence-electron chi connectivity index (χ0n) is 11.2. The average Bonchev–Trinajstić information content (AvgIpc) is 2.35. The molecule has 104 valence electrons. The fourth-order valence-corrected chi connectivity index (χ4v) is 2.27. The second-order valence-electron chi connectivity index (χ2n) is 4.92. The summed E-state index contributed by atoms with van der Waals surface area (Å²) >= 11 is 0. The molecule has 0 radical (unpaired) electrons. The third-order valence-electron chi connectivity index (χ3n) is 3.14. The second kappa shape index (κ2) is 5.13. The van der Waals surface area contributed by atoms with Gasteiger partial charge in [0, 0.05) is 11.6 Å². The third kappa shape index (κ3) is 2.60. The molecule has 0 aliphatic rings. The van der Waals surface area contributed by atoms with Gasteiger partial charge in [-0.3, -0.25) is 4.79 Å². The SMILES string of the molecule is Cc1cc(C)cc(C(O)(C=O)c2cc(F)cc(F)c2)c1. The van der Waals surface area contributed by atoms with Gasteiger partial charge in [-0.15, -0.1) is 0 Å². The van der Waals surface area contributed by atoms with Gasteiger partial charge < -0.3 is 5.11 Å². The highest BCUT2D eigenvalue weighted by Gasteiger charge is 2.32. The van der Waals surface area contributed by atoms with Gasteiger partial charge in [-0.2, -0.15) is 0 Å². The van der Waals surface area contributed by atoms with Crippen LogP contribution in [0.3, 0.4) is 0 Å². The van der Waals surface area contributed by atoms with Crippen LogP contribution in [0, 0.1) is 25.5 Å². The lowest BCUT2D eigenvalue weighted by molar-refractivity contribution is -0.121. The van der Waals surface area contributed by atoms with Crippen molar-refractivity contribution in [3.8, 4) is 0 Å². The quantitative estimate of drug-likeness (QED) is 0.875. The van der Waals surface area contributed by atoms with E-state index in [1.807, 2.05) is 19.9 Å². The number of carbonyl (C=O) groups excluding carboxylic acids is 1. The first-order valence-corrected chi connectivity index (χ1v) is 6.09. The number of benzene rings is 2. The van der Waals surface area contributed by atoms with E-state index in [1.165, 1.54) is 0 Å². The van der Waals surface area contributed by atoms with Gasteiger partial charge in [-0.05, 0) is 31.5 Å². The molecule has 0 bridgehead atoms. The molecule has 0 amide bonds. The number of hydrogen-bond donors (Lipinski definition) is 1. The zero-order valence-corrected chi connectivity index (χ0v) is 11.2. The molecule has 1 unspecified atom stereocenters. The second-order valence-corrected chi connectivity index (χ2v) is 4.92. The highest BCUT2D eigenvalue weighted by Crippen LogP contribution is 2.30. The van der Waals surface area contributed by atoms with Crippen LogP contribution in [-0.2, 0) is 10.4 Å². The summed E-state index contributed by atoms with van der Waals surface area (Å²) in [5.74, 6) is -1.69. The van der Waals surface area contributed by atoms with E-state index in [9.17, 15) is 18.7 Å². The summed E-state index contributed by atoms with van der Waals surface area (Å²) in [5.41, 5.74) is -0.223. The minimum Gasteiger partial charge on any atom is -0.373 e. The molecule has 0 fully saturated rings. The molecule has 2 nitrogen and oxygen atoms in total. The number of carbonyl (C=O) groups is 1. The first kappa shape index (κ1) is 14.3. The van der Waals surface area contributed by atoms with Crippen molar-refractivity contribution < 1.29 is 18.7 Å². The van der Waals surface area contributed by atoms with E-state index >= 15 is 0 Å². The largest absolute Gasteiger partial charge is 0.373 e. The molecule has 0 heterocycles. The zero-order chi connectivity index (χ0) is 14.9. The van der Waals surface area contributed by atoms with E-state index in [0.717, 1.165) is 23.3 Å². The van der Waals surface area contributed by atoms with Gasteiger partial charge in [0.05, 0.1) is 0 Å². The molecule has 0 spiro atoms. The van der Waals surface area contributed by atoms with Crippen molar-refractivity contribution in [2.45, 2.75) is 19.4 Å². The van der Waals surface area contributed by atoms with Crippen LogP contribution < -0.4 is 0 Å². The number of aryl methyl sites for hydroxylation is 2. The van der Waals surface area contributed by atoms with Gasteiger partial charge in [-0.25, -0.2) is 8.78 Å². The van der Waals surface area contributed by atoms with Gasteiger partial charge in [0.15, 0.2) is 11.9 Å². The van der Waals surface area contributed by atoms with Gasteiger partial charge in [0.2, 0.25) is 0 Å². The summed E-state index contributed by atoms with van der Waals surface area (Å²) in [4.78, 5) is 11.4. The van der Waals surface area contributed by atoms with Crippen molar-refractivity contribution in [1.82, 2.24) is 0 Å². The fourth-order valence-electron chi connectivity index (χ4n) is 2.27. The van der Waals surface area contributed by atoms with Gasteiger partial charge in [0.25, 0.3) is 0 Å². The molecule has 2 aromatic rings. The highest BCUT2D eigenvalue weighted by molar-refractivity contribution is 5.72. The molecule has 1 N–H and O–H groups in total. The molecule has 20 heavy (non-hydrogen) atoms. The molecule has 0 saturated heterocycles. The van der Waals surface area contributed by atoms with E-state index in [0.29, 0.717) is 6.07 Å². The average molecular weight is 276 g/mol. The lowest BCUT2D eigenvalue weighted by Crippen LogP contribution is -2.29. The molecule has 0 saturated carbocycles. The number of halogens is 2. The molecular weight excluding hydrogens is 262 g/mol. The van der Waals surface area contributed by atoms with Crippen LogP contribution in [0.2, 0.25) is 0 Å². The summed E-state index contributed by atoms with van der Waals surface area (Å²) < 4.78 is 26.6. The Morgan fingerprint density at radius 2 is 1.35 bits per heavy atom. The first-order chi connectivity index (χ1) is 9.35. The Hall–Kier alpha value is -2.07. The summed E-state index contributed by atoms with van der Waals surface area (Å²) in [7, 11) is 0. The van der Waals surface area contributed by atoms with E-state index in [-0.39, 0.29) is 17.4 Å². The predicted molar refractivity (Wildman–Crippen MR) is 71.3 cm³/mol. The molecule has 0 aromatic heterocycles. The number of rotatable bonds is 3. The molecule has 2 aromatic carbocycles. The summed E-state index contributed by atoms with van der Waals surface area (Å²) in [6.45, 7) is 3.63. The van der Waals surface area contributed by atoms with Crippen molar-refractivity contribution in [2.24, 2.45) is 0 Å². The minimum atomic E-state index is -2.07. The topological polar surface area (TPSA) is 37.3 Å². The van der Waals surface area contributed by atoms with Crippen LogP contribution in [0.25, 0.3) is 0 Å². The van der Waals surface area contributed by atoms with Crippen LogP contribution >= 0.6 is 0 Å². The maximum absolute atomic E-state index is 13.3. The smallest absolute Gasteiger partial charge is 0.170 e. The molecule has 0 aliphatic carbocycles. The Kier molecular flexibility index (Phi) is 3.68. The van der Waals surface area contributed by atoms with Crippen LogP contribution in [0.4, 0.5) is 8.78 Å². The maximum atomic E-state index is 13.3. The van der Waals surface area contributed by atoms with Gasteiger partial charge in [0.1, 0.15) is 11.6 Å². The summed E-state index contributed by atoms with van der Waals surface area (Å²) in [5, 5.41) is 10.6. The van der Waals surface area contributed by atoms with Crippen LogP contribution in [-0.4, -0.2) is 11.4 Å². The van der Waals surface area contributed by atoms with Crippen molar-refractivity contribution in [3.63, 3.8) is 0 Å². The van der Waals surface area contributed by atoms with Crippen LogP contribution in [0.5, 0.6) is 0 Å². The lowest BCUT2D eigenvalue weighted by atomic mass is 9.86. The van der Waals surface area contributed by atoms with E-state index in [2.05, 4.69) is 0 Å². The number of aldehydes is 1. The normalized spacial score (nSPS) is 13.8. The monoisotopic (exact) mass is 276 g/mol. The van der Waals surface area contributed by atoms with Crippen LogP contribution in [0.15, 0.2) is 36.4 Å². The predicted octanol–water partition coefficient (Wildman–Crippen LogP) is 3.02. The maximum Gasteiger partial charge on any atom is 0.170 e. The summed E-state index contributed by atoms with van der Waals surface area (Å²) in [6.07, 6.45) is 0.287. The third-order valence-corrected chi connectivity index (χ3v) is 3.14. The Labute approximate surface area is 115 Å². The van der Waals surface area contributed by atoms with E-state index in [1.54, 1.807) is 12.1 Å².